The molecule has 0 aliphatic heterocycles. The molecule has 18 heavy (non-hydrogen) atoms. The fraction of sp³-hybridized carbons (Fsp3) is 0.0769. The summed E-state index contributed by atoms with van der Waals surface area (Å²) in [4.78, 5) is 26.9. The number of aromatic nitrogens is 2. The molecule has 5 nitrogen and oxygen atoms in total. The SMILES string of the molecule is Cc1cccc2[nH]c(=O)n(-c3ccco3)c(=O)c12. The second-order valence-corrected chi connectivity index (χ2v) is 4.02. The van der Waals surface area contributed by atoms with E-state index in [1.54, 1.807) is 24.3 Å². The van der Waals surface area contributed by atoms with Crippen molar-refractivity contribution in [1.82, 2.24) is 9.55 Å². The molecule has 3 rings (SSSR count). The fourth-order valence-electron chi connectivity index (χ4n) is 2.03. The molecule has 90 valence electrons. The minimum absolute atomic E-state index is 0.214. The summed E-state index contributed by atoms with van der Waals surface area (Å²) in [5, 5.41) is 0.494. The number of nitrogens with one attached hydrogen (secondary N) is 1. The Bertz CT molecular complexity index is 826. The first-order valence-corrected chi connectivity index (χ1v) is 5.47. The number of aryl methyl sites for hydroxylation is 1. The van der Waals surface area contributed by atoms with E-state index in [1.807, 2.05) is 13.0 Å². The van der Waals surface area contributed by atoms with Crippen LogP contribution in [-0.2, 0) is 0 Å². The monoisotopic (exact) mass is 242 g/mol. The largest absolute Gasteiger partial charge is 0.448 e. The number of H-pyrrole nitrogens is 1. The van der Waals surface area contributed by atoms with Gasteiger partial charge in [0.15, 0.2) is 0 Å². The predicted octanol–water partition coefficient (Wildman–Crippen LogP) is 1.58. The fourth-order valence-corrected chi connectivity index (χ4v) is 2.03. The average Bonchev–Trinajstić information content (AvgIpc) is 2.82. The molecule has 0 radical (unpaired) electrons. The van der Waals surface area contributed by atoms with Gasteiger partial charge in [-0.25, -0.2) is 4.79 Å². The van der Waals surface area contributed by atoms with E-state index in [4.69, 9.17) is 4.42 Å². The molecule has 2 heterocycles. The summed E-state index contributed by atoms with van der Waals surface area (Å²) in [6.07, 6.45) is 1.42. The molecular formula is C13H10N2O3. The average molecular weight is 242 g/mol. The number of aromatic amines is 1. The molecule has 0 aliphatic carbocycles. The van der Waals surface area contributed by atoms with E-state index in [0.29, 0.717) is 10.9 Å². The molecule has 5 heteroatoms. The maximum absolute atomic E-state index is 12.4. The summed E-state index contributed by atoms with van der Waals surface area (Å²) >= 11 is 0. The maximum Gasteiger partial charge on any atom is 0.335 e. The third kappa shape index (κ3) is 1.41. The van der Waals surface area contributed by atoms with Crippen molar-refractivity contribution in [2.75, 3.05) is 0 Å². The molecule has 0 spiro atoms. The van der Waals surface area contributed by atoms with Crippen LogP contribution in [-0.4, -0.2) is 9.55 Å². The third-order valence-corrected chi connectivity index (χ3v) is 2.86. The van der Waals surface area contributed by atoms with Gasteiger partial charge in [0.1, 0.15) is 0 Å². The molecular weight excluding hydrogens is 232 g/mol. The lowest BCUT2D eigenvalue weighted by molar-refractivity contribution is 0.528. The van der Waals surface area contributed by atoms with Crippen molar-refractivity contribution in [2.45, 2.75) is 6.92 Å². The standard InChI is InChI=1S/C13H10N2O3/c1-8-4-2-5-9-11(8)12(16)15(13(17)14-9)10-6-3-7-18-10/h2-7H,1H3,(H,14,17). The van der Waals surface area contributed by atoms with Crippen molar-refractivity contribution < 1.29 is 4.42 Å². The molecule has 0 saturated heterocycles. The van der Waals surface area contributed by atoms with E-state index in [0.717, 1.165) is 10.1 Å². The predicted molar refractivity (Wildman–Crippen MR) is 67.2 cm³/mol. The lowest BCUT2D eigenvalue weighted by Crippen LogP contribution is -2.33. The summed E-state index contributed by atoms with van der Waals surface area (Å²) in [6, 6.07) is 8.53. The number of nitrogens with zero attached hydrogens (tertiary/aromatic N) is 1. The van der Waals surface area contributed by atoms with Gasteiger partial charge in [-0.1, -0.05) is 12.1 Å². The van der Waals surface area contributed by atoms with Crippen LogP contribution in [0.3, 0.4) is 0 Å². The smallest absolute Gasteiger partial charge is 0.335 e. The van der Waals surface area contributed by atoms with Crippen LogP contribution >= 0.6 is 0 Å². The van der Waals surface area contributed by atoms with Gasteiger partial charge in [-0.05, 0) is 24.6 Å². The molecule has 1 aromatic carbocycles. The second kappa shape index (κ2) is 3.73. The van der Waals surface area contributed by atoms with E-state index in [-0.39, 0.29) is 11.4 Å². The Morgan fingerprint density at radius 3 is 2.72 bits per heavy atom. The van der Waals surface area contributed by atoms with Crippen LogP contribution in [0.2, 0.25) is 0 Å². The Morgan fingerprint density at radius 2 is 2.00 bits per heavy atom. The van der Waals surface area contributed by atoms with Gasteiger partial charge in [0.25, 0.3) is 5.56 Å². The third-order valence-electron chi connectivity index (χ3n) is 2.86. The van der Waals surface area contributed by atoms with E-state index < -0.39 is 5.69 Å². The summed E-state index contributed by atoms with van der Waals surface area (Å²) in [5.41, 5.74) is 0.469. The van der Waals surface area contributed by atoms with Crippen molar-refractivity contribution >= 4 is 10.9 Å². The van der Waals surface area contributed by atoms with Crippen LogP contribution in [0.4, 0.5) is 0 Å². The van der Waals surface area contributed by atoms with Crippen LogP contribution in [0.5, 0.6) is 0 Å². The Kier molecular flexibility index (Phi) is 2.19. The Morgan fingerprint density at radius 1 is 1.17 bits per heavy atom. The highest BCUT2D eigenvalue weighted by atomic mass is 16.3. The van der Waals surface area contributed by atoms with Gasteiger partial charge in [0, 0.05) is 6.07 Å². The van der Waals surface area contributed by atoms with Crippen LogP contribution < -0.4 is 11.2 Å². The van der Waals surface area contributed by atoms with Crippen molar-refractivity contribution in [1.29, 1.82) is 0 Å². The first-order valence-electron chi connectivity index (χ1n) is 5.47. The maximum atomic E-state index is 12.4. The molecule has 0 amide bonds. The summed E-state index contributed by atoms with van der Waals surface area (Å²) in [6.45, 7) is 1.83. The zero-order valence-corrected chi connectivity index (χ0v) is 9.64. The molecule has 0 fully saturated rings. The first kappa shape index (κ1) is 10.6. The highest BCUT2D eigenvalue weighted by Gasteiger charge is 2.12. The van der Waals surface area contributed by atoms with Crippen LogP contribution in [0.1, 0.15) is 5.56 Å². The van der Waals surface area contributed by atoms with Crippen LogP contribution in [0, 0.1) is 6.92 Å². The summed E-state index contributed by atoms with van der Waals surface area (Å²) < 4.78 is 6.11. The number of fused-ring (bicyclic) bond motifs is 1. The first-order chi connectivity index (χ1) is 8.68. The van der Waals surface area contributed by atoms with Crippen molar-refractivity contribution in [2.24, 2.45) is 0 Å². The van der Waals surface area contributed by atoms with E-state index in [1.165, 1.54) is 6.26 Å². The molecule has 2 aromatic heterocycles. The molecule has 0 unspecified atom stereocenters. The van der Waals surface area contributed by atoms with Gasteiger partial charge in [-0.2, -0.15) is 4.57 Å². The minimum Gasteiger partial charge on any atom is -0.448 e. The van der Waals surface area contributed by atoms with Crippen LogP contribution in [0.25, 0.3) is 16.8 Å². The normalized spacial score (nSPS) is 10.9. The molecule has 0 saturated carbocycles. The van der Waals surface area contributed by atoms with Crippen molar-refractivity contribution in [3.05, 3.63) is 63.0 Å². The van der Waals surface area contributed by atoms with E-state index >= 15 is 0 Å². The Balaban J connectivity index is 2.52. The molecule has 0 aliphatic rings. The number of benzene rings is 1. The highest BCUT2D eigenvalue weighted by Crippen LogP contribution is 2.11. The Labute approximate surface area is 101 Å². The Hall–Kier alpha value is -2.56. The number of hydrogen-bond acceptors (Lipinski definition) is 3. The van der Waals surface area contributed by atoms with Gasteiger partial charge < -0.3 is 9.40 Å². The summed E-state index contributed by atoms with van der Waals surface area (Å²) in [7, 11) is 0. The second-order valence-electron chi connectivity index (χ2n) is 4.02. The molecule has 1 N–H and O–H groups in total. The highest BCUT2D eigenvalue weighted by molar-refractivity contribution is 5.80. The lowest BCUT2D eigenvalue weighted by Gasteiger charge is -2.04. The minimum atomic E-state index is -0.506. The molecule has 0 bridgehead atoms. The number of furan rings is 1. The van der Waals surface area contributed by atoms with Gasteiger partial charge >= 0.3 is 5.69 Å². The van der Waals surface area contributed by atoms with Crippen LogP contribution in [0.15, 0.2) is 50.6 Å². The lowest BCUT2D eigenvalue weighted by atomic mass is 10.1. The van der Waals surface area contributed by atoms with Gasteiger partial charge in [0.05, 0.1) is 17.2 Å². The van der Waals surface area contributed by atoms with Crippen molar-refractivity contribution in [3.8, 4) is 5.88 Å². The molecule has 3 aromatic rings. The number of hydrogen-bond donors (Lipinski definition) is 1. The zero-order valence-electron chi connectivity index (χ0n) is 9.64. The van der Waals surface area contributed by atoms with Gasteiger partial charge in [0.2, 0.25) is 5.88 Å². The zero-order chi connectivity index (χ0) is 12.7. The molecule has 0 atom stereocenters. The quantitative estimate of drug-likeness (QED) is 0.704. The van der Waals surface area contributed by atoms with Crippen molar-refractivity contribution in [3.63, 3.8) is 0 Å². The van der Waals surface area contributed by atoms with Gasteiger partial charge in [-0.3, -0.25) is 4.79 Å². The van der Waals surface area contributed by atoms with Gasteiger partial charge in [-0.15, -0.1) is 0 Å². The number of rotatable bonds is 1. The van der Waals surface area contributed by atoms with E-state index in [9.17, 15) is 9.59 Å². The topological polar surface area (TPSA) is 68.0 Å². The van der Waals surface area contributed by atoms with E-state index in [2.05, 4.69) is 4.98 Å². The summed E-state index contributed by atoms with van der Waals surface area (Å²) in [5.74, 6) is 0.214.